The highest BCUT2D eigenvalue weighted by molar-refractivity contribution is 5.29. The molecule has 0 amide bonds. The van der Waals surface area contributed by atoms with Crippen LogP contribution in [0.4, 0.5) is 4.39 Å². The lowest BCUT2D eigenvalue weighted by molar-refractivity contribution is 0.140. The molecule has 0 spiro atoms. The summed E-state index contributed by atoms with van der Waals surface area (Å²) in [4.78, 5) is 0. The highest BCUT2D eigenvalue weighted by Crippen LogP contribution is 2.33. The summed E-state index contributed by atoms with van der Waals surface area (Å²) in [7, 11) is 0. The molecule has 106 valence electrons. The zero-order valence-corrected chi connectivity index (χ0v) is 11.6. The Labute approximate surface area is 113 Å². The lowest BCUT2D eigenvalue weighted by atomic mass is 9.99. The third-order valence-corrected chi connectivity index (χ3v) is 3.80. The second-order valence-electron chi connectivity index (χ2n) is 5.39. The number of ether oxygens (including phenoxy) is 1. The number of aliphatic hydroxyl groups is 1. The monoisotopic (exact) mass is 267 g/mol. The van der Waals surface area contributed by atoms with E-state index in [4.69, 9.17) is 4.74 Å². The fourth-order valence-corrected chi connectivity index (χ4v) is 2.79. The highest BCUT2D eigenvalue weighted by atomic mass is 19.1. The van der Waals surface area contributed by atoms with Gasteiger partial charge in [-0.2, -0.15) is 0 Å². The quantitative estimate of drug-likeness (QED) is 0.861. The normalized spacial score (nSPS) is 26.6. The van der Waals surface area contributed by atoms with Gasteiger partial charge in [-0.25, -0.2) is 4.39 Å². The van der Waals surface area contributed by atoms with Crippen LogP contribution in [0.25, 0.3) is 0 Å². The summed E-state index contributed by atoms with van der Waals surface area (Å²) in [5.74, 6) is -0.00853. The second-order valence-corrected chi connectivity index (χ2v) is 5.39. The number of rotatable bonds is 5. The molecule has 2 unspecified atom stereocenters. The molecule has 1 aromatic rings. The SMILES string of the molecule is CCNC1(CO)CCC(Oc2cc(C)ccc2F)C1. The van der Waals surface area contributed by atoms with Gasteiger partial charge in [0, 0.05) is 12.0 Å². The van der Waals surface area contributed by atoms with Crippen LogP contribution in [-0.2, 0) is 0 Å². The minimum Gasteiger partial charge on any atom is -0.487 e. The van der Waals surface area contributed by atoms with Gasteiger partial charge in [0.05, 0.1) is 6.61 Å². The van der Waals surface area contributed by atoms with E-state index in [9.17, 15) is 9.50 Å². The zero-order chi connectivity index (χ0) is 13.9. The van der Waals surface area contributed by atoms with Crippen molar-refractivity contribution in [3.05, 3.63) is 29.6 Å². The van der Waals surface area contributed by atoms with E-state index in [0.29, 0.717) is 12.2 Å². The lowest BCUT2D eigenvalue weighted by Crippen LogP contribution is -2.46. The van der Waals surface area contributed by atoms with Crippen molar-refractivity contribution in [2.45, 2.75) is 44.8 Å². The van der Waals surface area contributed by atoms with E-state index < -0.39 is 0 Å². The number of hydrogen-bond acceptors (Lipinski definition) is 3. The molecule has 19 heavy (non-hydrogen) atoms. The Balaban J connectivity index is 2.03. The van der Waals surface area contributed by atoms with Crippen LogP contribution in [-0.4, -0.2) is 29.9 Å². The van der Waals surface area contributed by atoms with Crippen molar-refractivity contribution in [1.82, 2.24) is 5.32 Å². The minimum absolute atomic E-state index is 0.0394. The maximum absolute atomic E-state index is 13.7. The molecule has 4 heteroatoms. The van der Waals surface area contributed by atoms with Gasteiger partial charge in [-0.15, -0.1) is 0 Å². The van der Waals surface area contributed by atoms with Crippen molar-refractivity contribution < 1.29 is 14.2 Å². The number of likely N-dealkylation sites (N-methyl/N-ethyl adjacent to an activating group) is 1. The summed E-state index contributed by atoms with van der Waals surface area (Å²) >= 11 is 0. The number of benzene rings is 1. The highest BCUT2D eigenvalue weighted by Gasteiger charge is 2.39. The third kappa shape index (κ3) is 3.25. The number of hydrogen-bond donors (Lipinski definition) is 2. The molecule has 0 radical (unpaired) electrons. The first-order chi connectivity index (χ1) is 9.08. The van der Waals surface area contributed by atoms with Crippen LogP contribution < -0.4 is 10.1 Å². The van der Waals surface area contributed by atoms with Crippen LogP contribution in [0.15, 0.2) is 18.2 Å². The molecule has 2 N–H and O–H groups in total. The first kappa shape index (κ1) is 14.3. The summed E-state index contributed by atoms with van der Waals surface area (Å²) in [5.41, 5.74) is 0.717. The third-order valence-electron chi connectivity index (χ3n) is 3.80. The van der Waals surface area contributed by atoms with Gasteiger partial charge in [0.25, 0.3) is 0 Å². The Hall–Kier alpha value is -1.13. The van der Waals surface area contributed by atoms with Gasteiger partial charge in [-0.05, 0) is 44.0 Å². The molecule has 0 heterocycles. The predicted molar refractivity (Wildman–Crippen MR) is 72.9 cm³/mol. The van der Waals surface area contributed by atoms with E-state index >= 15 is 0 Å². The van der Waals surface area contributed by atoms with E-state index in [0.717, 1.165) is 24.9 Å². The number of halogens is 1. The van der Waals surface area contributed by atoms with E-state index in [1.165, 1.54) is 6.07 Å². The minimum atomic E-state index is -0.324. The molecule has 1 aliphatic rings. The Morgan fingerprint density at radius 3 is 3.00 bits per heavy atom. The van der Waals surface area contributed by atoms with Gasteiger partial charge < -0.3 is 15.2 Å². The van der Waals surface area contributed by atoms with Crippen molar-refractivity contribution in [2.24, 2.45) is 0 Å². The molecule has 3 nitrogen and oxygen atoms in total. The molecule has 2 atom stereocenters. The molecular formula is C15H22FNO2. The molecule has 1 aliphatic carbocycles. The van der Waals surface area contributed by atoms with Gasteiger partial charge in [0.1, 0.15) is 6.10 Å². The van der Waals surface area contributed by atoms with E-state index in [1.807, 2.05) is 13.8 Å². The fourth-order valence-electron chi connectivity index (χ4n) is 2.79. The van der Waals surface area contributed by atoms with Gasteiger partial charge in [0.2, 0.25) is 0 Å². The molecule has 0 bridgehead atoms. The Morgan fingerprint density at radius 1 is 1.53 bits per heavy atom. The van der Waals surface area contributed by atoms with Gasteiger partial charge in [-0.3, -0.25) is 0 Å². The van der Waals surface area contributed by atoms with Gasteiger partial charge >= 0.3 is 0 Å². The molecule has 0 aliphatic heterocycles. The van der Waals surface area contributed by atoms with E-state index in [2.05, 4.69) is 5.32 Å². The van der Waals surface area contributed by atoms with Crippen molar-refractivity contribution in [3.63, 3.8) is 0 Å². The number of nitrogens with one attached hydrogen (secondary N) is 1. The summed E-state index contributed by atoms with van der Waals surface area (Å²) < 4.78 is 19.4. The second kappa shape index (κ2) is 5.88. The summed E-state index contributed by atoms with van der Waals surface area (Å²) in [6.07, 6.45) is 2.36. The fraction of sp³-hybridized carbons (Fsp3) is 0.600. The molecule has 0 aromatic heterocycles. The van der Waals surface area contributed by atoms with E-state index in [-0.39, 0.29) is 24.1 Å². The molecule has 1 saturated carbocycles. The van der Waals surface area contributed by atoms with Crippen LogP contribution in [0.3, 0.4) is 0 Å². The van der Waals surface area contributed by atoms with Gasteiger partial charge in [0.15, 0.2) is 11.6 Å². The van der Waals surface area contributed by atoms with Gasteiger partial charge in [-0.1, -0.05) is 13.0 Å². The predicted octanol–water partition coefficient (Wildman–Crippen LogP) is 2.41. The number of aryl methyl sites for hydroxylation is 1. The van der Waals surface area contributed by atoms with Crippen LogP contribution >= 0.6 is 0 Å². The molecule has 1 fully saturated rings. The molecule has 2 rings (SSSR count). The standard InChI is InChI=1S/C15H22FNO2/c1-3-17-15(10-18)7-6-12(9-15)19-14-8-11(2)4-5-13(14)16/h4-5,8,12,17-18H,3,6-7,9-10H2,1-2H3. The summed E-state index contributed by atoms with van der Waals surface area (Å²) in [6.45, 7) is 4.84. The largest absolute Gasteiger partial charge is 0.487 e. The molecular weight excluding hydrogens is 245 g/mol. The van der Waals surface area contributed by atoms with Crippen molar-refractivity contribution in [3.8, 4) is 5.75 Å². The molecule has 1 aromatic carbocycles. The maximum Gasteiger partial charge on any atom is 0.165 e. The Kier molecular flexibility index (Phi) is 4.42. The topological polar surface area (TPSA) is 41.5 Å². The molecule has 0 saturated heterocycles. The average molecular weight is 267 g/mol. The van der Waals surface area contributed by atoms with Crippen LogP contribution in [0.5, 0.6) is 5.75 Å². The lowest BCUT2D eigenvalue weighted by Gasteiger charge is -2.28. The Morgan fingerprint density at radius 2 is 2.32 bits per heavy atom. The smallest absolute Gasteiger partial charge is 0.165 e. The van der Waals surface area contributed by atoms with Crippen LogP contribution in [0, 0.1) is 12.7 Å². The van der Waals surface area contributed by atoms with E-state index in [1.54, 1.807) is 12.1 Å². The first-order valence-corrected chi connectivity index (χ1v) is 6.87. The van der Waals surface area contributed by atoms with Crippen LogP contribution in [0.1, 0.15) is 31.7 Å². The van der Waals surface area contributed by atoms with Crippen molar-refractivity contribution in [2.75, 3.05) is 13.2 Å². The Bertz CT molecular complexity index is 438. The average Bonchev–Trinajstić information content (AvgIpc) is 2.78. The first-order valence-electron chi connectivity index (χ1n) is 6.87. The van der Waals surface area contributed by atoms with Crippen molar-refractivity contribution in [1.29, 1.82) is 0 Å². The maximum atomic E-state index is 13.7. The summed E-state index contributed by atoms with van der Waals surface area (Å²) in [5, 5.41) is 12.9. The zero-order valence-electron chi connectivity index (χ0n) is 11.6. The van der Waals surface area contributed by atoms with Crippen LogP contribution in [0.2, 0.25) is 0 Å². The summed E-state index contributed by atoms with van der Waals surface area (Å²) in [6, 6.07) is 4.89. The number of aliphatic hydroxyl groups excluding tert-OH is 1. The van der Waals surface area contributed by atoms with Crippen molar-refractivity contribution >= 4 is 0 Å².